The van der Waals surface area contributed by atoms with Crippen LogP contribution in [0.4, 0.5) is 10.5 Å². The van der Waals surface area contributed by atoms with E-state index in [1.54, 1.807) is 11.8 Å². The van der Waals surface area contributed by atoms with Crippen LogP contribution >= 0.6 is 0 Å². The van der Waals surface area contributed by atoms with Crippen molar-refractivity contribution < 1.29 is 14.3 Å². The zero-order chi connectivity index (χ0) is 25.7. The third-order valence-corrected chi connectivity index (χ3v) is 8.42. The van der Waals surface area contributed by atoms with Gasteiger partial charge in [0.1, 0.15) is 11.6 Å². The molecule has 4 aromatic rings. The number of carbonyl (C=O) groups excluding carboxylic acids is 2. The van der Waals surface area contributed by atoms with Crippen LogP contribution in [0.25, 0.3) is 21.9 Å². The second-order valence-corrected chi connectivity index (χ2v) is 10.7. The van der Waals surface area contributed by atoms with Crippen LogP contribution in [0, 0.1) is 5.92 Å². The number of hydrogen-bond donors (Lipinski definition) is 1. The fourth-order valence-corrected chi connectivity index (χ4v) is 6.52. The highest BCUT2D eigenvalue weighted by Crippen LogP contribution is 2.41. The lowest BCUT2D eigenvalue weighted by atomic mass is 9.83. The zero-order valence-electron chi connectivity index (χ0n) is 21.8. The van der Waals surface area contributed by atoms with Crippen molar-refractivity contribution in [1.82, 2.24) is 14.5 Å². The van der Waals surface area contributed by atoms with Crippen molar-refractivity contribution in [3.05, 3.63) is 59.5 Å². The van der Waals surface area contributed by atoms with Crippen LogP contribution in [0.3, 0.4) is 0 Å². The maximum absolute atomic E-state index is 12.7. The molecule has 192 valence electrons. The van der Waals surface area contributed by atoms with Gasteiger partial charge in [0.2, 0.25) is 0 Å². The number of aryl methyl sites for hydroxylation is 1. The average Bonchev–Trinajstić information content (AvgIpc) is 3.48. The highest BCUT2D eigenvalue weighted by Gasteiger charge is 2.33. The summed E-state index contributed by atoms with van der Waals surface area (Å²) >= 11 is 0. The minimum atomic E-state index is -0.331. The number of ether oxygens (including phenoxy) is 1. The molecule has 1 aliphatic carbocycles. The molecule has 2 aromatic heterocycles. The van der Waals surface area contributed by atoms with E-state index < -0.39 is 0 Å². The summed E-state index contributed by atoms with van der Waals surface area (Å²) in [5.41, 5.74) is 6.31. The molecule has 7 nitrogen and oxygen atoms in total. The molecule has 7 heteroatoms. The van der Waals surface area contributed by atoms with Crippen LogP contribution in [0.2, 0.25) is 0 Å². The first-order valence-corrected chi connectivity index (χ1v) is 13.4. The molecule has 1 N–H and O–H groups in total. The van der Waals surface area contributed by atoms with E-state index in [-0.39, 0.29) is 29.9 Å². The second-order valence-electron chi connectivity index (χ2n) is 10.7. The number of aromatic amines is 1. The fraction of sp³-hybridized carbons (Fsp3) is 0.433. The number of methoxy groups -OCH3 is 1. The summed E-state index contributed by atoms with van der Waals surface area (Å²) < 4.78 is 7.52. The van der Waals surface area contributed by atoms with Crippen molar-refractivity contribution in [2.24, 2.45) is 5.92 Å². The summed E-state index contributed by atoms with van der Waals surface area (Å²) in [5, 5.41) is 1.19. The predicted octanol–water partition coefficient (Wildman–Crippen LogP) is 6.34. The first-order valence-electron chi connectivity index (χ1n) is 13.4. The van der Waals surface area contributed by atoms with E-state index >= 15 is 0 Å². The molecule has 0 spiro atoms. The number of fused-ring (bicyclic) bond motifs is 4. The van der Waals surface area contributed by atoms with Gasteiger partial charge in [-0.15, -0.1) is 0 Å². The molecule has 1 amide bonds. The Morgan fingerprint density at radius 2 is 1.97 bits per heavy atom. The molecule has 1 aliphatic heterocycles. The van der Waals surface area contributed by atoms with Crippen LogP contribution in [0.15, 0.2) is 42.5 Å². The number of anilines is 1. The van der Waals surface area contributed by atoms with Crippen molar-refractivity contribution in [2.75, 3.05) is 12.0 Å². The number of aromatic nitrogens is 3. The first-order chi connectivity index (χ1) is 17.9. The number of imidazole rings is 1. The van der Waals surface area contributed by atoms with Gasteiger partial charge in [0.25, 0.3) is 0 Å². The summed E-state index contributed by atoms with van der Waals surface area (Å²) in [4.78, 5) is 35.6. The van der Waals surface area contributed by atoms with Crippen molar-refractivity contribution >= 4 is 39.5 Å². The standard InChI is InChI=1S/C30H34N4O3/c1-18-11-12-24-26(33(18)30(36)37-3)13-14-27-29(24)32-28(17-22-15-21-7-4-5-10-25(21)31-22)34(27)23-9-6-8-20(16-23)19(2)35/h4-5,7,10,13-15,18,20,23,31H,6,8-9,11-12,16-17H2,1-3H3/t18-,20+,23+/m0/s1. The van der Waals surface area contributed by atoms with E-state index in [1.807, 2.05) is 6.07 Å². The molecule has 6 rings (SSSR count). The van der Waals surface area contributed by atoms with E-state index in [0.29, 0.717) is 6.42 Å². The van der Waals surface area contributed by atoms with Gasteiger partial charge in [-0.1, -0.05) is 24.6 Å². The van der Waals surface area contributed by atoms with Gasteiger partial charge >= 0.3 is 6.09 Å². The number of para-hydroxylation sites is 1. The molecule has 2 aliphatic rings. The normalized spacial score (nSPS) is 21.8. The van der Waals surface area contributed by atoms with Crippen LogP contribution < -0.4 is 4.90 Å². The number of ketones is 1. The summed E-state index contributed by atoms with van der Waals surface area (Å²) in [6.07, 6.45) is 5.97. The number of nitrogens with one attached hydrogen (secondary N) is 1. The summed E-state index contributed by atoms with van der Waals surface area (Å²) in [6, 6.07) is 15.0. The van der Waals surface area contributed by atoms with Gasteiger partial charge in [-0.3, -0.25) is 9.69 Å². The molecule has 0 radical (unpaired) electrons. The Kier molecular flexibility index (Phi) is 6.01. The number of benzene rings is 2. The molecular weight excluding hydrogens is 464 g/mol. The van der Waals surface area contributed by atoms with Crippen molar-refractivity contribution in [3.8, 4) is 0 Å². The maximum Gasteiger partial charge on any atom is 0.414 e. The number of Topliss-reactive ketones (excluding diaryl/α,β-unsaturated/α-hetero) is 1. The van der Waals surface area contributed by atoms with Gasteiger partial charge < -0.3 is 14.3 Å². The number of rotatable bonds is 4. The SMILES string of the molecule is COC(=O)N1c2ccc3c(nc(Cc4cc5ccccc5[nH]4)n3[C@@H]3CCC[C@@H](C(C)=O)C3)c2CC[C@@H]1C. The molecule has 37 heavy (non-hydrogen) atoms. The van der Waals surface area contributed by atoms with Gasteiger partial charge in [0, 0.05) is 41.2 Å². The highest BCUT2D eigenvalue weighted by molar-refractivity contribution is 5.95. The van der Waals surface area contributed by atoms with Gasteiger partial charge in [-0.05, 0) is 75.6 Å². The summed E-state index contributed by atoms with van der Waals surface area (Å²) in [6.45, 7) is 3.79. The van der Waals surface area contributed by atoms with Gasteiger partial charge in [0.15, 0.2) is 0 Å². The molecule has 3 atom stereocenters. The lowest BCUT2D eigenvalue weighted by Crippen LogP contribution is -2.42. The Morgan fingerprint density at radius 3 is 2.76 bits per heavy atom. The molecule has 0 bridgehead atoms. The zero-order valence-corrected chi connectivity index (χ0v) is 21.8. The quantitative estimate of drug-likeness (QED) is 0.356. The number of hydrogen-bond acceptors (Lipinski definition) is 4. The Hall–Kier alpha value is -3.61. The predicted molar refractivity (Wildman–Crippen MR) is 145 cm³/mol. The maximum atomic E-state index is 12.7. The van der Waals surface area contributed by atoms with E-state index in [9.17, 15) is 9.59 Å². The van der Waals surface area contributed by atoms with Crippen LogP contribution in [-0.2, 0) is 22.4 Å². The Balaban J connectivity index is 1.49. The lowest BCUT2D eigenvalue weighted by Gasteiger charge is -2.34. The van der Waals surface area contributed by atoms with Crippen LogP contribution in [-0.4, -0.2) is 39.6 Å². The lowest BCUT2D eigenvalue weighted by molar-refractivity contribution is -0.122. The number of amides is 1. The van der Waals surface area contributed by atoms with E-state index in [0.717, 1.165) is 77.8 Å². The average molecular weight is 499 g/mol. The molecule has 1 fully saturated rings. The summed E-state index contributed by atoms with van der Waals surface area (Å²) in [7, 11) is 1.43. The Bertz CT molecular complexity index is 1470. The van der Waals surface area contributed by atoms with Crippen LogP contribution in [0.1, 0.15) is 69.1 Å². The Labute approximate surface area is 216 Å². The molecule has 0 saturated heterocycles. The fourth-order valence-electron chi connectivity index (χ4n) is 6.52. The van der Waals surface area contributed by atoms with Gasteiger partial charge in [0.05, 0.1) is 23.8 Å². The third-order valence-electron chi connectivity index (χ3n) is 8.42. The molecule has 3 heterocycles. The minimum Gasteiger partial charge on any atom is -0.452 e. The molecular formula is C30H34N4O3. The van der Waals surface area contributed by atoms with Gasteiger partial charge in [-0.2, -0.15) is 0 Å². The largest absolute Gasteiger partial charge is 0.452 e. The third kappa shape index (κ3) is 4.10. The highest BCUT2D eigenvalue weighted by atomic mass is 16.5. The van der Waals surface area contributed by atoms with Crippen LogP contribution in [0.5, 0.6) is 0 Å². The van der Waals surface area contributed by atoms with Crippen molar-refractivity contribution in [3.63, 3.8) is 0 Å². The summed E-state index contributed by atoms with van der Waals surface area (Å²) in [5.74, 6) is 1.39. The number of nitrogens with zero attached hydrogens (tertiary/aromatic N) is 3. The van der Waals surface area contributed by atoms with E-state index in [2.05, 4.69) is 52.9 Å². The molecule has 0 unspecified atom stereocenters. The van der Waals surface area contributed by atoms with Crippen molar-refractivity contribution in [1.29, 1.82) is 0 Å². The van der Waals surface area contributed by atoms with E-state index in [4.69, 9.17) is 9.72 Å². The van der Waals surface area contributed by atoms with E-state index in [1.165, 1.54) is 12.5 Å². The van der Waals surface area contributed by atoms with Gasteiger partial charge in [-0.25, -0.2) is 9.78 Å². The monoisotopic (exact) mass is 498 g/mol. The van der Waals surface area contributed by atoms with Crippen molar-refractivity contribution in [2.45, 2.75) is 70.9 Å². The second kappa shape index (κ2) is 9.36. The minimum absolute atomic E-state index is 0.0694. The Morgan fingerprint density at radius 1 is 1.14 bits per heavy atom. The first kappa shape index (κ1) is 23.8. The number of carbonyl (C=O) groups is 2. The topological polar surface area (TPSA) is 80.2 Å². The smallest absolute Gasteiger partial charge is 0.414 e. The molecule has 2 aromatic carbocycles. The molecule has 1 saturated carbocycles. The number of H-pyrrole nitrogens is 1.